The fraction of sp³-hybridized carbons (Fsp3) is 0.810. The smallest absolute Gasteiger partial charge is 0.306 e. The number of hydrogen-bond acceptors (Lipinski definition) is 5. The molecule has 0 aromatic carbocycles. The summed E-state index contributed by atoms with van der Waals surface area (Å²) in [5.41, 5.74) is 0. The Bertz CT molecular complexity index is 1220. The third-order valence-corrected chi connectivity index (χ3v) is 13.6. The Morgan fingerprint density at radius 2 is 0.739 bits per heavy atom. The number of rotatable bonds is 54. The van der Waals surface area contributed by atoms with Crippen LogP contribution in [0.4, 0.5) is 0 Å². The zero-order valence-electron chi connectivity index (χ0n) is 45.9. The van der Waals surface area contributed by atoms with Crippen LogP contribution >= 0.6 is 0 Å². The van der Waals surface area contributed by atoms with E-state index in [-0.39, 0.29) is 24.9 Å². The first-order valence-electron chi connectivity index (χ1n) is 30.0. The number of allylic oxidation sites excluding steroid dienone is 10. The number of aliphatic hydroxyl groups excluding tert-OH is 2. The van der Waals surface area contributed by atoms with Crippen LogP contribution in [-0.2, 0) is 14.3 Å². The molecule has 6 heteroatoms. The minimum absolute atomic E-state index is 0.0626. The van der Waals surface area contributed by atoms with Crippen molar-refractivity contribution >= 4 is 11.9 Å². The van der Waals surface area contributed by atoms with Crippen molar-refractivity contribution in [3.8, 4) is 0 Å². The molecule has 0 saturated heterocycles. The van der Waals surface area contributed by atoms with Gasteiger partial charge < -0.3 is 20.3 Å². The van der Waals surface area contributed by atoms with Gasteiger partial charge in [-0.05, 0) is 96.3 Å². The van der Waals surface area contributed by atoms with Gasteiger partial charge in [0.15, 0.2) is 0 Å². The van der Waals surface area contributed by atoms with Gasteiger partial charge in [0, 0.05) is 6.42 Å². The van der Waals surface area contributed by atoms with E-state index in [0.29, 0.717) is 19.3 Å². The lowest BCUT2D eigenvalue weighted by Crippen LogP contribution is -2.46. The fourth-order valence-electron chi connectivity index (χ4n) is 9.00. The van der Waals surface area contributed by atoms with Gasteiger partial charge in [-0.3, -0.25) is 9.59 Å². The number of esters is 1. The molecule has 0 aromatic rings. The molecule has 6 nitrogen and oxygen atoms in total. The van der Waals surface area contributed by atoms with Crippen LogP contribution in [0.3, 0.4) is 0 Å². The summed E-state index contributed by atoms with van der Waals surface area (Å²) in [6.07, 6.45) is 71.4. The Hall–Kier alpha value is -2.44. The topological polar surface area (TPSA) is 95.9 Å². The molecule has 0 aromatic heterocycles. The largest absolute Gasteiger partial charge is 0.462 e. The lowest BCUT2D eigenvalue weighted by molar-refractivity contribution is -0.151. The van der Waals surface area contributed by atoms with Gasteiger partial charge in [0.1, 0.15) is 6.10 Å². The molecule has 69 heavy (non-hydrogen) atoms. The van der Waals surface area contributed by atoms with Gasteiger partial charge in [0.2, 0.25) is 5.91 Å². The maximum absolute atomic E-state index is 13.3. The summed E-state index contributed by atoms with van der Waals surface area (Å²) in [6, 6.07) is -0.711. The van der Waals surface area contributed by atoms with E-state index in [4.69, 9.17) is 4.74 Å². The monoisotopic (exact) mass is 966 g/mol. The molecule has 0 rings (SSSR count). The summed E-state index contributed by atoms with van der Waals surface area (Å²) in [4.78, 5) is 26.3. The summed E-state index contributed by atoms with van der Waals surface area (Å²) in [5, 5.41) is 23.9. The van der Waals surface area contributed by atoms with Gasteiger partial charge in [-0.25, -0.2) is 0 Å². The highest BCUT2D eigenvalue weighted by molar-refractivity contribution is 5.77. The van der Waals surface area contributed by atoms with Crippen molar-refractivity contribution in [2.75, 3.05) is 6.61 Å². The van der Waals surface area contributed by atoms with Gasteiger partial charge in [-0.1, -0.05) is 255 Å². The highest BCUT2D eigenvalue weighted by atomic mass is 16.5. The van der Waals surface area contributed by atoms with E-state index in [1.165, 1.54) is 167 Å². The molecule has 0 aliphatic heterocycles. The second-order valence-corrected chi connectivity index (χ2v) is 20.4. The van der Waals surface area contributed by atoms with E-state index in [1.54, 1.807) is 0 Å². The molecule has 0 aliphatic rings. The van der Waals surface area contributed by atoms with Crippen molar-refractivity contribution < 1.29 is 24.5 Å². The molecular formula is C63H115NO5. The van der Waals surface area contributed by atoms with Crippen molar-refractivity contribution in [1.82, 2.24) is 5.32 Å². The fourth-order valence-corrected chi connectivity index (χ4v) is 9.00. The minimum atomic E-state index is -0.797. The first-order chi connectivity index (χ1) is 34.0. The van der Waals surface area contributed by atoms with Gasteiger partial charge in [-0.2, -0.15) is 0 Å². The molecular weight excluding hydrogens is 851 g/mol. The maximum Gasteiger partial charge on any atom is 0.306 e. The van der Waals surface area contributed by atoms with E-state index in [9.17, 15) is 19.8 Å². The van der Waals surface area contributed by atoms with Gasteiger partial charge in [-0.15, -0.1) is 0 Å². The summed E-state index contributed by atoms with van der Waals surface area (Å²) in [5.74, 6) is -0.493. The Morgan fingerprint density at radius 1 is 0.420 bits per heavy atom. The van der Waals surface area contributed by atoms with Crippen LogP contribution < -0.4 is 5.32 Å². The Morgan fingerprint density at radius 3 is 1.14 bits per heavy atom. The normalized spacial score (nSPS) is 13.5. The highest BCUT2D eigenvalue weighted by Crippen LogP contribution is 2.18. The van der Waals surface area contributed by atoms with Crippen molar-refractivity contribution in [2.45, 2.75) is 322 Å². The molecule has 0 heterocycles. The third kappa shape index (κ3) is 51.7. The molecule has 402 valence electrons. The Labute approximate surface area is 428 Å². The van der Waals surface area contributed by atoms with Crippen molar-refractivity contribution in [3.63, 3.8) is 0 Å². The molecule has 0 saturated carbocycles. The second kappa shape index (κ2) is 56.5. The lowest BCUT2D eigenvalue weighted by atomic mass is 10.0. The zero-order chi connectivity index (χ0) is 50.2. The zero-order valence-corrected chi connectivity index (χ0v) is 45.9. The van der Waals surface area contributed by atoms with Gasteiger partial charge in [0.05, 0.1) is 25.2 Å². The molecule has 3 N–H and O–H groups in total. The number of ether oxygens (including phenoxy) is 1. The van der Waals surface area contributed by atoms with Crippen LogP contribution in [0.5, 0.6) is 0 Å². The Kier molecular flexibility index (Phi) is 54.5. The molecule has 3 unspecified atom stereocenters. The third-order valence-electron chi connectivity index (χ3n) is 13.6. The number of hydrogen-bond donors (Lipinski definition) is 3. The highest BCUT2D eigenvalue weighted by Gasteiger charge is 2.24. The van der Waals surface area contributed by atoms with E-state index < -0.39 is 18.2 Å². The summed E-state index contributed by atoms with van der Waals surface area (Å²) < 4.78 is 5.96. The standard InChI is InChI=1S/C63H115NO5/c1-4-7-10-13-16-19-22-25-28-30-31-32-35-38-41-44-47-50-53-56-63(68)69-59(54-51-48-45-42-39-36-33-27-24-21-18-15-12-9-6-3)57-62(67)64-60(58-65)61(66)55-52-49-46-43-40-37-34-29-26-23-20-17-14-11-8-5-2/h16,18-19,21,25,27-28,31-33,59-61,65-66H,4-15,17,20,22-24,26,29-30,34-58H2,1-3H3,(H,64,67)/b19-16-,21-18-,28-25-,32-31-,33-27-. The molecule has 3 atom stereocenters. The van der Waals surface area contributed by atoms with E-state index in [0.717, 1.165) is 89.9 Å². The number of amides is 1. The van der Waals surface area contributed by atoms with Crippen molar-refractivity contribution in [1.29, 1.82) is 0 Å². The van der Waals surface area contributed by atoms with Crippen LogP contribution in [0.15, 0.2) is 60.8 Å². The number of carbonyl (C=O) groups excluding carboxylic acids is 2. The SMILES string of the molecule is CCCCC/C=C\C/C=C\C/C=C\CCCCCCCCC(=O)OC(CCCCCCC/C=C\C/C=C\CCCCC)CC(=O)NC(CO)C(O)CCCCCCCCCCCCCCCCCC. The number of nitrogens with one attached hydrogen (secondary N) is 1. The number of aliphatic hydroxyl groups is 2. The molecule has 1 amide bonds. The van der Waals surface area contributed by atoms with E-state index in [1.807, 2.05) is 0 Å². The predicted octanol–water partition coefficient (Wildman–Crippen LogP) is 18.7. The summed E-state index contributed by atoms with van der Waals surface area (Å²) in [7, 11) is 0. The Balaban J connectivity index is 4.57. The average Bonchev–Trinajstić information content (AvgIpc) is 3.34. The van der Waals surface area contributed by atoms with Crippen LogP contribution in [0, 0.1) is 0 Å². The van der Waals surface area contributed by atoms with Crippen LogP contribution in [0.25, 0.3) is 0 Å². The number of unbranched alkanes of at least 4 members (excludes halogenated alkanes) is 32. The molecule has 0 bridgehead atoms. The second-order valence-electron chi connectivity index (χ2n) is 20.4. The molecule has 0 aliphatic carbocycles. The molecule has 0 radical (unpaired) electrons. The van der Waals surface area contributed by atoms with Crippen molar-refractivity contribution in [2.24, 2.45) is 0 Å². The summed E-state index contributed by atoms with van der Waals surface area (Å²) in [6.45, 7) is 6.46. The predicted molar refractivity (Wildman–Crippen MR) is 301 cm³/mol. The first-order valence-corrected chi connectivity index (χ1v) is 30.0. The number of carbonyl (C=O) groups is 2. The van der Waals surface area contributed by atoms with Crippen LogP contribution in [0.1, 0.15) is 303 Å². The summed E-state index contributed by atoms with van der Waals surface area (Å²) >= 11 is 0. The average molecular weight is 967 g/mol. The van der Waals surface area contributed by atoms with Crippen LogP contribution in [0.2, 0.25) is 0 Å². The minimum Gasteiger partial charge on any atom is -0.462 e. The molecule has 0 fully saturated rings. The first kappa shape index (κ1) is 66.6. The quantitative estimate of drug-likeness (QED) is 0.0321. The lowest BCUT2D eigenvalue weighted by Gasteiger charge is -2.24. The van der Waals surface area contributed by atoms with Crippen molar-refractivity contribution in [3.05, 3.63) is 60.8 Å². The van der Waals surface area contributed by atoms with E-state index >= 15 is 0 Å². The van der Waals surface area contributed by atoms with Crippen LogP contribution in [-0.4, -0.2) is 46.9 Å². The maximum atomic E-state index is 13.3. The van der Waals surface area contributed by atoms with Gasteiger partial charge >= 0.3 is 5.97 Å². The van der Waals surface area contributed by atoms with E-state index in [2.05, 4.69) is 86.8 Å². The molecule has 0 spiro atoms. The van der Waals surface area contributed by atoms with Gasteiger partial charge in [0.25, 0.3) is 0 Å².